The molecule has 0 aromatic heterocycles. The quantitative estimate of drug-likeness (QED) is 0.348. The van der Waals surface area contributed by atoms with Crippen LogP contribution in [0.1, 0.15) is 44.9 Å². The van der Waals surface area contributed by atoms with Gasteiger partial charge in [-0.2, -0.15) is 4.31 Å². The zero-order valence-electron chi connectivity index (χ0n) is 22.5. The molecule has 37 heavy (non-hydrogen) atoms. The van der Waals surface area contributed by atoms with E-state index >= 15 is 0 Å². The van der Waals surface area contributed by atoms with E-state index in [0.717, 1.165) is 55.5 Å². The van der Waals surface area contributed by atoms with Crippen molar-refractivity contribution in [2.75, 3.05) is 64.8 Å². The van der Waals surface area contributed by atoms with Crippen LogP contribution in [-0.2, 0) is 10.0 Å². The van der Waals surface area contributed by atoms with Crippen molar-refractivity contribution in [3.63, 3.8) is 0 Å². The van der Waals surface area contributed by atoms with Crippen LogP contribution < -0.4 is 20.9 Å². The Hall–Kier alpha value is -1.42. The molecule has 0 radical (unpaired) electrons. The van der Waals surface area contributed by atoms with Crippen molar-refractivity contribution in [2.45, 2.75) is 55.9 Å². The Kier molecular flexibility index (Phi) is 11.9. The van der Waals surface area contributed by atoms with Gasteiger partial charge in [0.15, 0.2) is 0 Å². The van der Waals surface area contributed by atoms with Gasteiger partial charge in [0.2, 0.25) is 10.0 Å². The third-order valence-electron chi connectivity index (χ3n) is 7.73. The van der Waals surface area contributed by atoms with Gasteiger partial charge in [0.25, 0.3) is 0 Å². The standard InChI is InChI=1S/C28H45N5O2S.ClH/c1-32(2)27-12-7-11-26-25(27)10-8-13-28(26)36(34,35)33-19-14-23(15-20-33)21-29-16-5-6-17-30-22-24-9-3-4-18-31-24;/h7-8,10-13,23-24,29-31H,3-6,9,14-22H2,1-2H3;1H. The molecular formula is C28H46ClN5O2S. The maximum absolute atomic E-state index is 13.6. The monoisotopic (exact) mass is 551 g/mol. The summed E-state index contributed by atoms with van der Waals surface area (Å²) in [5.74, 6) is 0.541. The second-order valence-electron chi connectivity index (χ2n) is 10.6. The van der Waals surface area contributed by atoms with E-state index in [2.05, 4.69) is 16.0 Å². The second kappa shape index (κ2) is 14.7. The average molecular weight is 552 g/mol. The lowest BCUT2D eigenvalue weighted by molar-refractivity contribution is 0.267. The fraction of sp³-hybridized carbons (Fsp3) is 0.643. The van der Waals surface area contributed by atoms with E-state index in [1.54, 1.807) is 10.4 Å². The lowest BCUT2D eigenvalue weighted by Gasteiger charge is -2.31. The van der Waals surface area contributed by atoms with Gasteiger partial charge in [-0.05, 0) is 82.8 Å². The summed E-state index contributed by atoms with van der Waals surface area (Å²) in [7, 11) is 0.457. The molecule has 7 nitrogen and oxygen atoms in total. The molecule has 2 fully saturated rings. The number of piperidine rings is 2. The van der Waals surface area contributed by atoms with E-state index in [9.17, 15) is 8.42 Å². The Balaban J connectivity index is 0.00000380. The van der Waals surface area contributed by atoms with Crippen LogP contribution in [0.15, 0.2) is 41.3 Å². The van der Waals surface area contributed by atoms with E-state index < -0.39 is 10.0 Å². The zero-order valence-corrected chi connectivity index (χ0v) is 24.2. The third-order valence-corrected chi connectivity index (χ3v) is 9.68. The molecule has 2 aromatic carbocycles. The predicted octanol–water partition coefficient (Wildman–Crippen LogP) is 3.83. The predicted molar refractivity (Wildman–Crippen MR) is 158 cm³/mol. The molecule has 2 heterocycles. The maximum Gasteiger partial charge on any atom is 0.243 e. The number of hydrogen-bond donors (Lipinski definition) is 3. The van der Waals surface area contributed by atoms with E-state index in [-0.39, 0.29) is 12.4 Å². The molecule has 0 saturated carbocycles. The molecule has 2 saturated heterocycles. The van der Waals surface area contributed by atoms with Gasteiger partial charge in [-0.3, -0.25) is 0 Å². The number of benzene rings is 2. The average Bonchev–Trinajstić information content (AvgIpc) is 2.90. The van der Waals surface area contributed by atoms with Gasteiger partial charge >= 0.3 is 0 Å². The van der Waals surface area contributed by atoms with Gasteiger partial charge < -0.3 is 20.9 Å². The molecule has 0 bridgehead atoms. The molecule has 9 heteroatoms. The maximum atomic E-state index is 13.6. The Morgan fingerprint density at radius 3 is 2.27 bits per heavy atom. The Bertz CT molecular complexity index is 1070. The largest absolute Gasteiger partial charge is 0.377 e. The summed E-state index contributed by atoms with van der Waals surface area (Å²) in [4.78, 5) is 2.45. The van der Waals surface area contributed by atoms with Gasteiger partial charge in [-0.25, -0.2) is 8.42 Å². The van der Waals surface area contributed by atoms with Crippen LogP contribution in [0, 0.1) is 5.92 Å². The van der Waals surface area contributed by atoms with Crippen molar-refractivity contribution in [3.8, 4) is 0 Å². The number of sulfonamides is 1. The number of nitrogens with one attached hydrogen (secondary N) is 3. The minimum Gasteiger partial charge on any atom is -0.377 e. The summed E-state index contributed by atoms with van der Waals surface area (Å²) < 4.78 is 28.8. The van der Waals surface area contributed by atoms with Crippen LogP contribution in [0.25, 0.3) is 10.8 Å². The van der Waals surface area contributed by atoms with Crippen LogP contribution in [0.2, 0.25) is 0 Å². The van der Waals surface area contributed by atoms with E-state index in [0.29, 0.717) is 29.9 Å². The summed E-state index contributed by atoms with van der Waals surface area (Å²) >= 11 is 0. The van der Waals surface area contributed by atoms with Crippen molar-refractivity contribution < 1.29 is 8.42 Å². The molecule has 0 amide bonds. The molecule has 0 aliphatic carbocycles. The zero-order chi connectivity index (χ0) is 25.4. The number of hydrogen-bond acceptors (Lipinski definition) is 6. The first-order valence-electron chi connectivity index (χ1n) is 13.8. The third kappa shape index (κ3) is 8.04. The SMILES string of the molecule is CN(C)c1cccc2c(S(=O)(=O)N3CCC(CNCCCCNCC4CCCCN4)CC3)cccc12.Cl. The molecule has 2 aromatic rings. The van der Waals surface area contributed by atoms with Gasteiger partial charge in [0, 0.05) is 56.2 Å². The van der Waals surface area contributed by atoms with Gasteiger partial charge in [0.05, 0.1) is 4.90 Å². The minimum atomic E-state index is -3.52. The number of halogens is 1. The molecule has 2 aliphatic rings. The number of nitrogens with zero attached hydrogens (tertiary/aromatic N) is 2. The van der Waals surface area contributed by atoms with Crippen molar-refractivity contribution in [2.24, 2.45) is 5.92 Å². The van der Waals surface area contributed by atoms with E-state index in [4.69, 9.17) is 0 Å². The molecule has 1 unspecified atom stereocenters. The Labute approximate surface area is 230 Å². The Morgan fingerprint density at radius 2 is 1.59 bits per heavy atom. The van der Waals surface area contributed by atoms with Crippen LogP contribution >= 0.6 is 12.4 Å². The molecule has 3 N–H and O–H groups in total. The fourth-order valence-corrected chi connectivity index (χ4v) is 7.23. The van der Waals surface area contributed by atoms with Crippen molar-refractivity contribution >= 4 is 38.9 Å². The fourth-order valence-electron chi connectivity index (χ4n) is 5.55. The lowest BCUT2D eigenvalue weighted by atomic mass is 9.98. The molecule has 1 atom stereocenters. The van der Waals surface area contributed by atoms with Crippen molar-refractivity contribution in [1.29, 1.82) is 0 Å². The number of rotatable bonds is 12. The van der Waals surface area contributed by atoms with Crippen molar-refractivity contribution in [1.82, 2.24) is 20.3 Å². The summed E-state index contributed by atoms with van der Waals surface area (Å²) in [5.41, 5.74) is 1.03. The molecule has 208 valence electrons. The van der Waals surface area contributed by atoms with Gasteiger partial charge in [-0.1, -0.05) is 30.7 Å². The summed E-state index contributed by atoms with van der Waals surface area (Å²) in [5, 5.41) is 12.6. The van der Waals surface area contributed by atoms with Crippen LogP contribution in [-0.4, -0.2) is 78.7 Å². The smallest absolute Gasteiger partial charge is 0.243 e. The number of anilines is 1. The minimum absolute atomic E-state index is 0. The van der Waals surface area contributed by atoms with E-state index in [1.807, 2.05) is 49.3 Å². The molecule has 0 spiro atoms. The highest BCUT2D eigenvalue weighted by Gasteiger charge is 2.30. The molecular weight excluding hydrogens is 506 g/mol. The first kappa shape index (κ1) is 30.1. The highest BCUT2D eigenvalue weighted by atomic mass is 35.5. The number of fused-ring (bicyclic) bond motifs is 1. The first-order chi connectivity index (χ1) is 17.5. The van der Waals surface area contributed by atoms with Gasteiger partial charge in [-0.15, -0.1) is 12.4 Å². The number of unbranched alkanes of at least 4 members (excludes halogenated alkanes) is 1. The summed E-state index contributed by atoms with van der Waals surface area (Å²) in [6.45, 7) is 6.54. The Morgan fingerprint density at radius 1 is 0.919 bits per heavy atom. The van der Waals surface area contributed by atoms with Crippen molar-refractivity contribution in [3.05, 3.63) is 36.4 Å². The highest BCUT2D eigenvalue weighted by Crippen LogP contribution is 2.32. The lowest BCUT2D eigenvalue weighted by Crippen LogP contribution is -2.42. The van der Waals surface area contributed by atoms with Gasteiger partial charge in [0.1, 0.15) is 0 Å². The second-order valence-corrected chi connectivity index (χ2v) is 12.5. The topological polar surface area (TPSA) is 76.7 Å². The summed E-state index contributed by atoms with van der Waals surface area (Å²) in [6.07, 6.45) is 8.17. The summed E-state index contributed by atoms with van der Waals surface area (Å²) in [6, 6.07) is 12.2. The molecule has 4 rings (SSSR count). The highest BCUT2D eigenvalue weighted by molar-refractivity contribution is 7.89. The molecule has 2 aliphatic heterocycles. The normalized spacial score (nSPS) is 19.6. The van der Waals surface area contributed by atoms with E-state index in [1.165, 1.54) is 38.6 Å². The van der Waals surface area contributed by atoms with Crippen LogP contribution in [0.5, 0.6) is 0 Å². The first-order valence-corrected chi connectivity index (χ1v) is 15.2. The van der Waals surface area contributed by atoms with Crippen LogP contribution in [0.4, 0.5) is 5.69 Å². The van der Waals surface area contributed by atoms with Crippen LogP contribution in [0.3, 0.4) is 0 Å².